The molecule has 1 aliphatic heterocycles. The molecule has 2 aromatic carbocycles. The summed E-state index contributed by atoms with van der Waals surface area (Å²) in [7, 11) is 0. The van der Waals surface area contributed by atoms with E-state index < -0.39 is 0 Å². The first kappa shape index (κ1) is 21.6. The van der Waals surface area contributed by atoms with E-state index in [1.54, 1.807) is 6.20 Å². The van der Waals surface area contributed by atoms with Gasteiger partial charge in [0.15, 0.2) is 17.0 Å². The van der Waals surface area contributed by atoms with Crippen molar-refractivity contribution in [1.82, 2.24) is 24.8 Å². The quantitative estimate of drug-likeness (QED) is 0.485. The van der Waals surface area contributed by atoms with E-state index in [1.807, 2.05) is 66.4 Å². The molecule has 0 unspecified atom stereocenters. The molecule has 3 N–H and O–H groups in total. The lowest BCUT2D eigenvalue weighted by Crippen LogP contribution is -2.38. The standard InChI is InChI=1S/C25H26N8O/c1-17-7-5-10-19(15-17)28-25(34)33-12-6-11-32(13-14-33)23-21-22(30-24(26)31-23)27-16-20(29-21)18-8-3-2-4-9-18/h2-5,7-10,15-16H,6,11-14H2,1H3,(H,28,34)(H2,26,27,30,31). The first-order valence-electron chi connectivity index (χ1n) is 11.3. The van der Waals surface area contributed by atoms with Crippen LogP contribution in [0.5, 0.6) is 0 Å². The lowest BCUT2D eigenvalue weighted by molar-refractivity contribution is 0.215. The fourth-order valence-corrected chi connectivity index (χ4v) is 4.14. The van der Waals surface area contributed by atoms with Crippen LogP contribution in [0.4, 0.5) is 22.2 Å². The molecule has 1 fully saturated rings. The summed E-state index contributed by atoms with van der Waals surface area (Å²) in [5.41, 5.74) is 10.7. The van der Waals surface area contributed by atoms with E-state index in [4.69, 9.17) is 10.7 Å². The Kier molecular flexibility index (Phi) is 5.90. The molecule has 34 heavy (non-hydrogen) atoms. The van der Waals surface area contributed by atoms with Crippen LogP contribution in [0, 0.1) is 6.92 Å². The Morgan fingerprint density at radius 3 is 2.65 bits per heavy atom. The van der Waals surface area contributed by atoms with Gasteiger partial charge in [0.25, 0.3) is 0 Å². The molecule has 9 heteroatoms. The average molecular weight is 455 g/mol. The second-order valence-corrected chi connectivity index (χ2v) is 8.33. The van der Waals surface area contributed by atoms with Gasteiger partial charge in [0, 0.05) is 37.4 Å². The number of benzene rings is 2. The number of fused-ring (bicyclic) bond motifs is 1. The van der Waals surface area contributed by atoms with Gasteiger partial charge in [0.05, 0.1) is 11.9 Å². The summed E-state index contributed by atoms with van der Waals surface area (Å²) in [5, 5.41) is 3.00. The largest absolute Gasteiger partial charge is 0.368 e. The number of hydrogen-bond donors (Lipinski definition) is 2. The summed E-state index contributed by atoms with van der Waals surface area (Å²) in [5.74, 6) is 0.802. The van der Waals surface area contributed by atoms with Crippen molar-refractivity contribution in [2.75, 3.05) is 42.1 Å². The smallest absolute Gasteiger partial charge is 0.321 e. The number of anilines is 3. The van der Waals surface area contributed by atoms with Gasteiger partial charge in [-0.15, -0.1) is 0 Å². The van der Waals surface area contributed by atoms with Crippen molar-refractivity contribution in [2.45, 2.75) is 13.3 Å². The predicted octanol–water partition coefficient (Wildman–Crippen LogP) is 3.72. The number of amides is 2. The number of nitrogen functional groups attached to an aromatic ring is 1. The number of nitrogens with two attached hydrogens (primary N) is 1. The van der Waals surface area contributed by atoms with Gasteiger partial charge in [-0.3, -0.25) is 0 Å². The van der Waals surface area contributed by atoms with Crippen LogP contribution in [0.3, 0.4) is 0 Å². The normalized spacial score (nSPS) is 14.1. The molecule has 0 atom stereocenters. The maximum absolute atomic E-state index is 12.9. The Bertz CT molecular complexity index is 1330. The molecule has 0 bridgehead atoms. The predicted molar refractivity (Wildman–Crippen MR) is 134 cm³/mol. The van der Waals surface area contributed by atoms with Crippen molar-refractivity contribution < 1.29 is 4.79 Å². The number of rotatable bonds is 3. The molecule has 9 nitrogen and oxygen atoms in total. The second kappa shape index (κ2) is 9.30. The number of urea groups is 1. The monoisotopic (exact) mass is 454 g/mol. The fourth-order valence-electron chi connectivity index (χ4n) is 4.14. The third-order valence-electron chi connectivity index (χ3n) is 5.83. The highest BCUT2D eigenvalue weighted by molar-refractivity contribution is 5.89. The van der Waals surface area contributed by atoms with Crippen LogP contribution in [-0.4, -0.2) is 57.0 Å². The zero-order valence-electron chi connectivity index (χ0n) is 19.0. The number of carbonyl (C=O) groups is 1. The van der Waals surface area contributed by atoms with Crippen molar-refractivity contribution in [3.05, 3.63) is 66.4 Å². The van der Waals surface area contributed by atoms with Crippen molar-refractivity contribution in [2.24, 2.45) is 0 Å². The summed E-state index contributed by atoms with van der Waals surface area (Å²) in [6.45, 7) is 4.52. The van der Waals surface area contributed by atoms with E-state index in [0.29, 0.717) is 36.6 Å². The molecule has 1 saturated heterocycles. The highest BCUT2D eigenvalue weighted by Crippen LogP contribution is 2.26. The summed E-state index contributed by atoms with van der Waals surface area (Å²) in [6.07, 6.45) is 2.49. The minimum absolute atomic E-state index is 0.106. The molecule has 2 amide bonds. The number of carbonyl (C=O) groups excluding carboxylic acids is 1. The number of aromatic nitrogens is 4. The minimum Gasteiger partial charge on any atom is -0.368 e. The lowest BCUT2D eigenvalue weighted by Gasteiger charge is -2.24. The van der Waals surface area contributed by atoms with Crippen LogP contribution in [0.1, 0.15) is 12.0 Å². The van der Waals surface area contributed by atoms with Crippen molar-refractivity contribution >= 4 is 34.6 Å². The van der Waals surface area contributed by atoms with Gasteiger partial charge in [-0.05, 0) is 31.0 Å². The molecule has 0 radical (unpaired) electrons. The number of hydrogen-bond acceptors (Lipinski definition) is 7. The van der Waals surface area contributed by atoms with Crippen LogP contribution in [-0.2, 0) is 0 Å². The Hall–Kier alpha value is -4.27. The number of nitrogens with one attached hydrogen (secondary N) is 1. The second-order valence-electron chi connectivity index (χ2n) is 8.33. The van der Waals surface area contributed by atoms with Crippen LogP contribution in [0.15, 0.2) is 60.8 Å². The Morgan fingerprint density at radius 2 is 1.82 bits per heavy atom. The third kappa shape index (κ3) is 4.59. The van der Waals surface area contributed by atoms with E-state index in [9.17, 15) is 4.79 Å². The molecule has 0 saturated carbocycles. The Labute approximate surface area is 197 Å². The van der Waals surface area contributed by atoms with Crippen molar-refractivity contribution in [3.63, 3.8) is 0 Å². The first-order valence-corrected chi connectivity index (χ1v) is 11.3. The van der Waals surface area contributed by atoms with Gasteiger partial charge in [-0.2, -0.15) is 9.97 Å². The maximum Gasteiger partial charge on any atom is 0.321 e. The number of nitrogens with zero attached hydrogens (tertiary/aromatic N) is 6. The van der Waals surface area contributed by atoms with E-state index in [0.717, 1.165) is 35.5 Å². The summed E-state index contributed by atoms with van der Waals surface area (Å²) in [4.78, 5) is 34.9. The lowest BCUT2D eigenvalue weighted by atomic mass is 10.1. The van der Waals surface area contributed by atoms with E-state index in [1.165, 1.54) is 0 Å². The summed E-state index contributed by atoms with van der Waals surface area (Å²) < 4.78 is 0. The van der Waals surface area contributed by atoms with E-state index >= 15 is 0 Å². The molecule has 2 aromatic heterocycles. The molecular formula is C25H26N8O. The van der Waals surface area contributed by atoms with Gasteiger partial charge < -0.3 is 20.9 Å². The van der Waals surface area contributed by atoms with Gasteiger partial charge >= 0.3 is 6.03 Å². The van der Waals surface area contributed by atoms with Gasteiger partial charge in [0.2, 0.25) is 5.95 Å². The third-order valence-corrected chi connectivity index (χ3v) is 5.83. The molecule has 1 aliphatic rings. The minimum atomic E-state index is -0.106. The zero-order chi connectivity index (χ0) is 23.5. The Morgan fingerprint density at radius 1 is 0.971 bits per heavy atom. The van der Waals surface area contributed by atoms with Crippen LogP contribution >= 0.6 is 0 Å². The molecule has 3 heterocycles. The van der Waals surface area contributed by atoms with E-state index in [-0.39, 0.29) is 12.0 Å². The first-order chi connectivity index (χ1) is 16.6. The van der Waals surface area contributed by atoms with Crippen LogP contribution in [0.25, 0.3) is 22.4 Å². The van der Waals surface area contributed by atoms with Crippen molar-refractivity contribution in [1.29, 1.82) is 0 Å². The zero-order valence-corrected chi connectivity index (χ0v) is 19.0. The molecule has 0 spiro atoms. The topological polar surface area (TPSA) is 113 Å². The molecule has 5 rings (SSSR count). The van der Waals surface area contributed by atoms with Crippen LogP contribution < -0.4 is 16.0 Å². The van der Waals surface area contributed by atoms with E-state index in [2.05, 4.69) is 25.2 Å². The Balaban J connectivity index is 1.38. The fraction of sp³-hybridized carbons (Fsp3) is 0.240. The van der Waals surface area contributed by atoms with Crippen molar-refractivity contribution in [3.8, 4) is 11.3 Å². The average Bonchev–Trinajstić information content (AvgIpc) is 3.10. The van der Waals surface area contributed by atoms with Crippen LogP contribution in [0.2, 0.25) is 0 Å². The SMILES string of the molecule is Cc1cccc(NC(=O)N2CCCN(c3nc(N)nc4ncc(-c5ccccc5)nc34)CC2)c1. The molecule has 0 aliphatic carbocycles. The highest BCUT2D eigenvalue weighted by Gasteiger charge is 2.23. The van der Waals surface area contributed by atoms with Gasteiger partial charge in [0.1, 0.15) is 0 Å². The van der Waals surface area contributed by atoms with Gasteiger partial charge in [-0.1, -0.05) is 42.5 Å². The molecule has 172 valence electrons. The summed E-state index contributed by atoms with van der Waals surface area (Å²) in [6, 6.07) is 17.6. The highest BCUT2D eigenvalue weighted by atomic mass is 16.2. The molecular weight excluding hydrogens is 428 g/mol. The maximum atomic E-state index is 12.9. The molecule has 4 aromatic rings. The number of aryl methyl sites for hydroxylation is 1. The summed E-state index contributed by atoms with van der Waals surface area (Å²) >= 11 is 0. The van der Waals surface area contributed by atoms with Gasteiger partial charge in [-0.25, -0.2) is 14.8 Å².